The molecule has 0 atom stereocenters. The van der Waals surface area contributed by atoms with Crippen molar-refractivity contribution in [1.29, 1.82) is 0 Å². The molecule has 1 aliphatic carbocycles. The van der Waals surface area contributed by atoms with Crippen LogP contribution in [0.5, 0.6) is 5.75 Å². The van der Waals surface area contributed by atoms with Gasteiger partial charge in [0.2, 0.25) is 0 Å². The van der Waals surface area contributed by atoms with Gasteiger partial charge < -0.3 is 14.8 Å². The van der Waals surface area contributed by atoms with E-state index in [4.69, 9.17) is 9.47 Å². The first-order chi connectivity index (χ1) is 14.3. The summed E-state index contributed by atoms with van der Waals surface area (Å²) in [6.07, 6.45) is 1.28. The molecule has 2 aliphatic rings. The molecule has 9 nitrogen and oxygen atoms in total. The molecule has 0 radical (unpaired) electrons. The van der Waals surface area contributed by atoms with Crippen molar-refractivity contribution in [3.05, 3.63) is 53.1 Å². The van der Waals surface area contributed by atoms with Crippen LogP contribution in [0.4, 0.5) is 5.69 Å². The van der Waals surface area contributed by atoms with Crippen molar-refractivity contribution in [1.82, 2.24) is 4.31 Å². The Morgan fingerprint density at radius 1 is 1.10 bits per heavy atom. The second-order valence-corrected chi connectivity index (χ2v) is 8.69. The standard InChI is InChI=1S/C20H18N2O7S/c1-28-13-6-8-16(15(10-13)20(25)29-2)21-18(23)11-3-7-14-17(9-11)30(26,27)22(19(14)24)12-4-5-12/h3,6-10,12H,4-5H2,1-2H3,(H,21,23). The molecule has 0 unspecified atom stereocenters. The van der Waals surface area contributed by atoms with Crippen LogP contribution in [-0.4, -0.2) is 50.8 Å². The number of anilines is 1. The minimum Gasteiger partial charge on any atom is -0.497 e. The molecular formula is C20H18N2O7S. The van der Waals surface area contributed by atoms with Crippen LogP contribution in [0.15, 0.2) is 41.3 Å². The fraction of sp³-hybridized carbons (Fsp3) is 0.250. The van der Waals surface area contributed by atoms with Gasteiger partial charge in [0.1, 0.15) is 10.6 Å². The van der Waals surface area contributed by atoms with Crippen LogP contribution < -0.4 is 10.1 Å². The maximum absolute atomic E-state index is 12.8. The average molecular weight is 430 g/mol. The van der Waals surface area contributed by atoms with Crippen LogP contribution in [-0.2, 0) is 14.8 Å². The van der Waals surface area contributed by atoms with Crippen molar-refractivity contribution >= 4 is 33.5 Å². The van der Waals surface area contributed by atoms with Gasteiger partial charge in [-0.05, 0) is 49.2 Å². The number of nitrogens with zero attached hydrogens (tertiary/aromatic N) is 1. The third kappa shape index (κ3) is 3.18. The van der Waals surface area contributed by atoms with Gasteiger partial charge in [0, 0.05) is 11.6 Å². The summed E-state index contributed by atoms with van der Waals surface area (Å²) < 4.78 is 36.2. The Hall–Kier alpha value is -3.40. The molecule has 0 bridgehead atoms. The minimum absolute atomic E-state index is 0.0365. The molecule has 10 heteroatoms. The topological polar surface area (TPSA) is 119 Å². The molecule has 30 heavy (non-hydrogen) atoms. The Kier molecular flexibility index (Phi) is 4.73. The number of carbonyl (C=O) groups excluding carboxylic acids is 3. The summed E-state index contributed by atoms with van der Waals surface area (Å²) in [6, 6.07) is 8.03. The second-order valence-electron chi connectivity index (χ2n) is 6.91. The predicted molar refractivity (Wildman–Crippen MR) is 105 cm³/mol. The summed E-state index contributed by atoms with van der Waals surface area (Å²) in [4.78, 5) is 37.1. The summed E-state index contributed by atoms with van der Waals surface area (Å²) >= 11 is 0. The van der Waals surface area contributed by atoms with Crippen molar-refractivity contribution in [2.45, 2.75) is 23.8 Å². The predicted octanol–water partition coefficient (Wildman–Crippen LogP) is 2.04. The van der Waals surface area contributed by atoms with Gasteiger partial charge in [0.05, 0.1) is 31.0 Å². The zero-order valence-corrected chi connectivity index (χ0v) is 17.0. The molecular weight excluding hydrogens is 412 g/mol. The van der Waals surface area contributed by atoms with Crippen molar-refractivity contribution in [3.8, 4) is 5.75 Å². The number of sulfonamides is 1. The number of carbonyl (C=O) groups is 3. The first-order valence-corrected chi connectivity index (χ1v) is 10.5. The third-order valence-corrected chi connectivity index (χ3v) is 6.85. The summed E-state index contributed by atoms with van der Waals surface area (Å²) in [5.74, 6) is -1.48. The molecule has 1 heterocycles. The highest BCUT2D eigenvalue weighted by Gasteiger charge is 2.48. The number of hydrogen-bond acceptors (Lipinski definition) is 7. The van der Waals surface area contributed by atoms with Crippen LogP contribution in [0.2, 0.25) is 0 Å². The maximum atomic E-state index is 12.8. The summed E-state index contributed by atoms with van der Waals surface area (Å²) in [5.41, 5.74) is 0.341. The average Bonchev–Trinajstić information content (AvgIpc) is 3.54. The SMILES string of the molecule is COC(=O)c1cc(OC)ccc1NC(=O)c1ccc2c(c1)S(=O)(=O)N(C1CC1)C2=O. The zero-order valence-electron chi connectivity index (χ0n) is 16.2. The summed E-state index contributed by atoms with van der Waals surface area (Å²) in [6.45, 7) is 0. The summed E-state index contributed by atoms with van der Waals surface area (Å²) in [7, 11) is -1.34. The Bertz CT molecular complexity index is 1190. The van der Waals surface area contributed by atoms with E-state index in [1.54, 1.807) is 6.07 Å². The molecule has 2 amide bonds. The van der Waals surface area contributed by atoms with Gasteiger partial charge in [0.25, 0.3) is 21.8 Å². The second kappa shape index (κ2) is 7.13. The Labute approximate surface area is 172 Å². The number of fused-ring (bicyclic) bond motifs is 1. The van der Waals surface area contributed by atoms with Crippen LogP contribution >= 0.6 is 0 Å². The van der Waals surface area contributed by atoms with Crippen LogP contribution in [0.25, 0.3) is 0 Å². The van der Waals surface area contributed by atoms with Crippen molar-refractivity contribution in [2.24, 2.45) is 0 Å². The lowest BCUT2D eigenvalue weighted by Crippen LogP contribution is -2.31. The van der Waals surface area contributed by atoms with Crippen LogP contribution in [0, 0.1) is 0 Å². The zero-order chi connectivity index (χ0) is 21.6. The number of methoxy groups -OCH3 is 2. The summed E-state index contributed by atoms with van der Waals surface area (Å²) in [5, 5.41) is 2.58. The monoisotopic (exact) mass is 430 g/mol. The molecule has 1 N–H and O–H groups in total. The van der Waals surface area contributed by atoms with E-state index in [0.29, 0.717) is 18.6 Å². The van der Waals surface area contributed by atoms with Crippen LogP contribution in [0.3, 0.4) is 0 Å². The smallest absolute Gasteiger partial charge is 0.340 e. The van der Waals surface area contributed by atoms with Gasteiger partial charge in [-0.3, -0.25) is 9.59 Å². The van der Waals surface area contributed by atoms with E-state index in [0.717, 1.165) is 4.31 Å². The van der Waals surface area contributed by atoms with Gasteiger partial charge in [-0.15, -0.1) is 0 Å². The van der Waals surface area contributed by atoms with Gasteiger partial charge in [-0.1, -0.05) is 0 Å². The van der Waals surface area contributed by atoms with E-state index in [-0.39, 0.29) is 33.3 Å². The molecule has 1 fully saturated rings. The quantitative estimate of drug-likeness (QED) is 0.721. The molecule has 156 valence electrons. The molecule has 0 aromatic heterocycles. The van der Waals surface area contributed by atoms with Crippen molar-refractivity contribution < 1.29 is 32.3 Å². The number of esters is 1. The maximum Gasteiger partial charge on any atom is 0.340 e. The Morgan fingerprint density at radius 2 is 1.83 bits per heavy atom. The fourth-order valence-electron chi connectivity index (χ4n) is 3.29. The van der Waals surface area contributed by atoms with Gasteiger partial charge >= 0.3 is 5.97 Å². The third-order valence-electron chi connectivity index (χ3n) is 4.97. The molecule has 0 saturated heterocycles. The molecule has 2 aromatic rings. The van der Waals surface area contributed by atoms with Crippen molar-refractivity contribution in [2.75, 3.05) is 19.5 Å². The molecule has 0 spiro atoms. The molecule has 1 aliphatic heterocycles. The van der Waals surface area contributed by atoms with E-state index in [1.165, 1.54) is 44.6 Å². The lowest BCUT2D eigenvalue weighted by atomic mass is 10.1. The number of rotatable bonds is 5. The Balaban J connectivity index is 1.66. The fourth-order valence-corrected chi connectivity index (χ4v) is 5.13. The van der Waals surface area contributed by atoms with Crippen molar-refractivity contribution in [3.63, 3.8) is 0 Å². The van der Waals surface area contributed by atoms with E-state index in [9.17, 15) is 22.8 Å². The number of ether oxygens (including phenoxy) is 2. The number of amides is 2. The van der Waals surface area contributed by atoms with Gasteiger partial charge in [0.15, 0.2) is 0 Å². The number of hydrogen-bond donors (Lipinski definition) is 1. The lowest BCUT2D eigenvalue weighted by Gasteiger charge is -2.13. The van der Waals surface area contributed by atoms with E-state index < -0.39 is 27.8 Å². The van der Waals surface area contributed by atoms with Gasteiger partial charge in [-0.2, -0.15) is 0 Å². The first kappa shape index (κ1) is 19.9. The normalized spacial score (nSPS) is 16.7. The molecule has 2 aromatic carbocycles. The number of nitrogens with one attached hydrogen (secondary N) is 1. The van der Waals surface area contributed by atoms with E-state index >= 15 is 0 Å². The Morgan fingerprint density at radius 3 is 2.47 bits per heavy atom. The van der Waals surface area contributed by atoms with Gasteiger partial charge in [-0.25, -0.2) is 17.5 Å². The van der Waals surface area contributed by atoms with E-state index in [2.05, 4.69) is 5.32 Å². The highest BCUT2D eigenvalue weighted by atomic mass is 32.2. The highest BCUT2D eigenvalue weighted by Crippen LogP contribution is 2.39. The highest BCUT2D eigenvalue weighted by molar-refractivity contribution is 7.90. The molecule has 4 rings (SSSR count). The molecule has 1 saturated carbocycles. The van der Waals surface area contributed by atoms with Crippen LogP contribution in [0.1, 0.15) is 43.9 Å². The minimum atomic E-state index is -3.98. The first-order valence-electron chi connectivity index (χ1n) is 9.08. The van der Waals surface area contributed by atoms with E-state index in [1.807, 2.05) is 0 Å². The lowest BCUT2D eigenvalue weighted by molar-refractivity contribution is 0.0601. The largest absolute Gasteiger partial charge is 0.497 e. The number of benzene rings is 2.